The third-order valence-corrected chi connectivity index (χ3v) is 2.20. The Labute approximate surface area is 101 Å². The lowest BCUT2D eigenvalue weighted by atomic mass is 10.2. The van der Waals surface area contributed by atoms with Crippen LogP contribution in [0.3, 0.4) is 0 Å². The van der Waals surface area contributed by atoms with Crippen LogP contribution in [0.2, 0.25) is 0 Å². The van der Waals surface area contributed by atoms with E-state index in [0.29, 0.717) is 16.7 Å². The first-order valence-electron chi connectivity index (χ1n) is 4.61. The van der Waals surface area contributed by atoms with Crippen LogP contribution in [0.1, 0.15) is 17.3 Å². The van der Waals surface area contributed by atoms with Crippen LogP contribution in [0.4, 0.5) is 10.5 Å². The van der Waals surface area contributed by atoms with Gasteiger partial charge in [0.25, 0.3) is 0 Å². The highest BCUT2D eigenvalue weighted by molar-refractivity contribution is 9.10. The van der Waals surface area contributed by atoms with Crippen molar-refractivity contribution in [2.75, 3.05) is 11.9 Å². The Morgan fingerprint density at radius 2 is 2.06 bits per heavy atom. The van der Waals surface area contributed by atoms with Gasteiger partial charge in [-0.25, -0.2) is 9.59 Å². The fraction of sp³-hybridized carbons (Fsp3) is 0.200. The summed E-state index contributed by atoms with van der Waals surface area (Å²) in [6.07, 6.45) is 0. The van der Waals surface area contributed by atoms with Crippen molar-refractivity contribution in [1.29, 1.82) is 0 Å². The molecule has 1 aromatic carbocycles. The SMILES string of the molecule is CCNC(=O)Nc1cc(Br)cc(C(=O)O)c1. The molecule has 86 valence electrons. The van der Waals surface area contributed by atoms with Gasteiger partial charge in [0.15, 0.2) is 0 Å². The summed E-state index contributed by atoms with van der Waals surface area (Å²) >= 11 is 3.18. The van der Waals surface area contributed by atoms with Crippen LogP contribution < -0.4 is 10.6 Å². The minimum absolute atomic E-state index is 0.112. The fourth-order valence-corrected chi connectivity index (χ4v) is 1.61. The van der Waals surface area contributed by atoms with Gasteiger partial charge in [-0.3, -0.25) is 0 Å². The molecule has 0 spiro atoms. The minimum Gasteiger partial charge on any atom is -0.478 e. The Kier molecular flexibility index (Phi) is 4.30. The number of amides is 2. The molecular weight excluding hydrogens is 276 g/mol. The molecule has 5 nitrogen and oxygen atoms in total. The molecule has 0 saturated heterocycles. The van der Waals surface area contributed by atoms with E-state index in [-0.39, 0.29) is 11.6 Å². The van der Waals surface area contributed by atoms with Gasteiger partial charge in [-0.15, -0.1) is 0 Å². The average Bonchev–Trinajstić information content (AvgIpc) is 2.16. The zero-order valence-electron chi connectivity index (χ0n) is 8.58. The molecule has 0 fully saturated rings. The van der Waals surface area contributed by atoms with E-state index in [2.05, 4.69) is 26.6 Å². The predicted octanol–water partition coefficient (Wildman–Crippen LogP) is 2.29. The minimum atomic E-state index is -1.04. The number of anilines is 1. The largest absolute Gasteiger partial charge is 0.478 e. The fourth-order valence-electron chi connectivity index (χ4n) is 1.12. The highest BCUT2D eigenvalue weighted by Gasteiger charge is 2.07. The first-order chi connectivity index (χ1) is 7.52. The van der Waals surface area contributed by atoms with Gasteiger partial charge < -0.3 is 15.7 Å². The number of aromatic carboxylic acids is 1. The summed E-state index contributed by atoms with van der Waals surface area (Å²) in [5, 5.41) is 13.9. The molecule has 3 N–H and O–H groups in total. The summed E-state index contributed by atoms with van der Waals surface area (Å²) in [5.41, 5.74) is 0.541. The van der Waals surface area contributed by atoms with Crippen molar-refractivity contribution in [1.82, 2.24) is 5.32 Å². The molecule has 6 heteroatoms. The van der Waals surface area contributed by atoms with Crippen LogP contribution in [0.25, 0.3) is 0 Å². The molecule has 2 amide bonds. The Morgan fingerprint density at radius 3 is 2.62 bits per heavy atom. The van der Waals surface area contributed by atoms with Crippen LogP contribution in [0, 0.1) is 0 Å². The molecule has 0 heterocycles. The first-order valence-corrected chi connectivity index (χ1v) is 5.41. The zero-order chi connectivity index (χ0) is 12.1. The summed E-state index contributed by atoms with van der Waals surface area (Å²) in [4.78, 5) is 22.0. The quantitative estimate of drug-likeness (QED) is 0.798. The topological polar surface area (TPSA) is 78.4 Å². The maximum absolute atomic E-state index is 11.2. The van der Waals surface area contributed by atoms with Crippen LogP contribution in [0.5, 0.6) is 0 Å². The summed E-state index contributed by atoms with van der Waals surface area (Å²) in [7, 11) is 0. The molecule has 16 heavy (non-hydrogen) atoms. The number of nitrogens with one attached hydrogen (secondary N) is 2. The molecule has 0 aliphatic carbocycles. The van der Waals surface area contributed by atoms with Gasteiger partial charge in [-0.1, -0.05) is 15.9 Å². The number of carbonyl (C=O) groups excluding carboxylic acids is 1. The van der Waals surface area contributed by atoms with Crippen LogP contribution in [-0.4, -0.2) is 23.7 Å². The van der Waals surface area contributed by atoms with Gasteiger partial charge in [-0.2, -0.15) is 0 Å². The van der Waals surface area contributed by atoms with Gasteiger partial charge >= 0.3 is 12.0 Å². The average molecular weight is 287 g/mol. The van der Waals surface area contributed by atoms with Gasteiger partial charge in [-0.05, 0) is 25.1 Å². The van der Waals surface area contributed by atoms with Crippen molar-refractivity contribution in [2.24, 2.45) is 0 Å². The lowest BCUT2D eigenvalue weighted by molar-refractivity contribution is 0.0697. The Morgan fingerprint density at radius 1 is 1.38 bits per heavy atom. The third kappa shape index (κ3) is 3.54. The molecule has 0 bridgehead atoms. The highest BCUT2D eigenvalue weighted by atomic mass is 79.9. The second kappa shape index (κ2) is 5.50. The van der Waals surface area contributed by atoms with E-state index >= 15 is 0 Å². The second-order valence-electron chi connectivity index (χ2n) is 3.02. The Balaban J connectivity index is 2.88. The van der Waals surface area contributed by atoms with E-state index in [9.17, 15) is 9.59 Å². The van der Waals surface area contributed by atoms with E-state index in [1.54, 1.807) is 13.0 Å². The molecule has 0 aromatic heterocycles. The molecule has 0 aliphatic heterocycles. The number of carboxylic acids is 1. The summed E-state index contributed by atoms with van der Waals surface area (Å²) in [6, 6.07) is 4.12. The molecule has 0 radical (unpaired) electrons. The maximum atomic E-state index is 11.2. The molecule has 0 aliphatic rings. The van der Waals surface area contributed by atoms with Crippen LogP contribution in [0.15, 0.2) is 22.7 Å². The van der Waals surface area contributed by atoms with Gasteiger partial charge in [0.2, 0.25) is 0 Å². The molecule has 1 rings (SSSR count). The molecule has 1 aromatic rings. The number of halogens is 1. The van der Waals surface area contributed by atoms with Gasteiger partial charge in [0, 0.05) is 16.7 Å². The number of carbonyl (C=O) groups is 2. The van der Waals surface area contributed by atoms with E-state index in [1.165, 1.54) is 12.1 Å². The summed E-state index contributed by atoms with van der Waals surface area (Å²) < 4.78 is 0.596. The van der Waals surface area contributed by atoms with Gasteiger partial charge in [0.1, 0.15) is 0 Å². The number of hydrogen-bond donors (Lipinski definition) is 3. The molecule has 0 saturated carbocycles. The molecule has 0 atom stereocenters. The number of rotatable bonds is 3. The first kappa shape index (κ1) is 12.5. The van der Waals surface area contributed by atoms with Crippen molar-refractivity contribution >= 4 is 33.6 Å². The van der Waals surface area contributed by atoms with E-state index in [1.807, 2.05) is 0 Å². The Hall–Kier alpha value is -1.56. The number of benzene rings is 1. The van der Waals surface area contributed by atoms with E-state index < -0.39 is 5.97 Å². The monoisotopic (exact) mass is 286 g/mol. The number of urea groups is 1. The zero-order valence-corrected chi connectivity index (χ0v) is 10.2. The summed E-state index contributed by atoms with van der Waals surface area (Å²) in [5.74, 6) is -1.04. The van der Waals surface area contributed by atoms with E-state index in [0.717, 1.165) is 0 Å². The lowest BCUT2D eigenvalue weighted by Crippen LogP contribution is -2.28. The van der Waals surface area contributed by atoms with Crippen LogP contribution >= 0.6 is 15.9 Å². The van der Waals surface area contributed by atoms with E-state index in [4.69, 9.17) is 5.11 Å². The standard InChI is InChI=1S/C10H11BrN2O3/c1-2-12-10(16)13-8-4-6(9(14)15)3-7(11)5-8/h3-5H,2H2,1H3,(H,14,15)(H2,12,13,16). The second-order valence-corrected chi connectivity index (χ2v) is 3.93. The lowest BCUT2D eigenvalue weighted by Gasteiger charge is -2.07. The van der Waals surface area contributed by atoms with Crippen LogP contribution in [-0.2, 0) is 0 Å². The predicted molar refractivity (Wildman–Crippen MR) is 63.8 cm³/mol. The maximum Gasteiger partial charge on any atom is 0.335 e. The van der Waals surface area contributed by atoms with Crippen molar-refractivity contribution in [3.05, 3.63) is 28.2 Å². The van der Waals surface area contributed by atoms with Crippen molar-refractivity contribution in [2.45, 2.75) is 6.92 Å². The molecular formula is C10H11BrN2O3. The highest BCUT2D eigenvalue weighted by Crippen LogP contribution is 2.19. The van der Waals surface area contributed by atoms with Gasteiger partial charge in [0.05, 0.1) is 5.56 Å². The van der Waals surface area contributed by atoms with Crippen molar-refractivity contribution in [3.63, 3.8) is 0 Å². The van der Waals surface area contributed by atoms with Crippen molar-refractivity contribution < 1.29 is 14.7 Å². The number of hydrogen-bond acceptors (Lipinski definition) is 2. The third-order valence-electron chi connectivity index (χ3n) is 1.74. The number of carboxylic acid groups (broad SMARTS) is 1. The molecule has 0 unspecified atom stereocenters. The normalized spacial score (nSPS) is 9.62. The smallest absolute Gasteiger partial charge is 0.335 e. The van der Waals surface area contributed by atoms with Crippen molar-refractivity contribution in [3.8, 4) is 0 Å². The summed E-state index contributed by atoms with van der Waals surface area (Å²) in [6.45, 7) is 2.30. The Bertz CT molecular complexity index is 421.